The van der Waals surface area contributed by atoms with Crippen LogP contribution in [0.5, 0.6) is 5.75 Å². The monoisotopic (exact) mass is 272 g/mol. The summed E-state index contributed by atoms with van der Waals surface area (Å²) in [5, 5.41) is 11.7. The molecule has 1 atom stereocenters. The van der Waals surface area contributed by atoms with Crippen LogP contribution in [0.15, 0.2) is 36.4 Å². The molecule has 0 saturated carbocycles. The van der Waals surface area contributed by atoms with Gasteiger partial charge in [0.2, 0.25) is 0 Å². The van der Waals surface area contributed by atoms with Crippen molar-refractivity contribution in [2.75, 3.05) is 13.2 Å². The summed E-state index contributed by atoms with van der Waals surface area (Å²) in [5.41, 5.74) is 0.196. The number of aromatic hydroxyl groups is 1. The van der Waals surface area contributed by atoms with Gasteiger partial charge in [0, 0.05) is 12.0 Å². The van der Waals surface area contributed by atoms with Gasteiger partial charge >= 0.3 is 5.97 Å². The van der Waals surface area contributed by atoms with Gasteiger partial charge in [-0.1, -0.05) is 30.3 Å². The number of phenolic OH excluding ortho intramolecular Hbond substituents is 1. The van der Waals surface area contributed by atoms with Crippen LogP contribution in [-0.4, -0.2) is 30.4 Å². The predicted octanol–water partition coefficient (Wildman–Crippen LogP) is 2.88. The fraction of sp³-hybridized carbons (Fsp3) is 0.312. The average molecular weight is 272 g/mol. The van der Waals surface area contributed by atoms with Crippen molar-refractivity contribution in [3.63, 3.8) is 0 Å². The number of carbonyl (C=O) groups is 1. The lowest BCUT2D eigenvalue weighted by molar-refractivity contribution is 0.0159. The maximum absolute atomic E-state index is 12.0. The van der Waals surface area contributed by atoms with Gasteiger partial charge in [0.15, 0.2) is 0 Å². The Labute approximate surface area is 116 Å². The van der Waals surface area contributed by atoms with E-state index >= 15 is 0 Å². The molecule has 0 radical (unpaired) electrons. The number of carbonyl (C=O) groups excluding carboxylic acids is 1. The van der Waals surface area contributed by atoms with Crippen LogP contribution in [0.4, 0.5) is 0 Å². The van der Waals surface area contributed by atoms with E-state index in [0.29, 0.717) is 5.39 Å². The molecular weight excluding hydrogens is 256 g/mol. The van der Waals surface area contributed by atoms with Gasteiger partial charge < -0.3 is 14.6 Å². The molecule has 2 aromatic rings. The van der Waals surface area contributed by atoms with E-state index in [9.17, 15) is 9.90 Å². The number of benzene rings is 2. The molecule has 0 bridgehead atoms. The first kappa shape index (κ1) is 12.9. The van der Waals surface area contributed by atoms with Crippen LogP contribution >= 0.6 is 0 Å². The van der Waals surface area contributed by atoms with Crippen molar-refractivity contribution in [3.8, 4) is 5.75 Å². The van der Waals surface area contributed by atoms with Gasteiger partial charge in [0.1, 0.15) is 17.9 Å². The normalized spacial score (nSPS) is 18.3. The molecule has 2 aromatic carbocycles. The molecule has 1 saturated heterocycles. The Kier molecular flexibility index (Phi) is 3.56. The molecule has 0 spiro atoms. The maximum Gasteiger partial charge on any atom is 0.342 e. The zero-order chi connectivity index (χ0) is 13.9. The zero-order valence-electron chi connectivity index (χ0n) is 11.0. The topological polar surface area (TPSA) is 55.8 Å². The SMILES string of the molecule is O=C(OCC1CCCO1)c1ccc2ccccc2c1O. The second-order valence-corrected chi connectivity index (χ2v) is 4.92. The Balaban J connectivity index is 1.78. The fourth-order valence-electron chi connectivity index (χ4n) is 2.44. The van der Waals surface area contributed by atoms with Gasteiger partial charge in [0.25, 0.3) is 0 Å². The highest BCUT2D eigenvalue weighted by molar-refractivity contribution is 6.01. The molecule has 0 aromatic heterocycles. The second kappa shape index (κ2) is 5.51. The van der Waals surface area contributed by atoms with Crippen molar-refractivity contribution in [1.29, 1.82) is 0 Å². The van der Waals surface area contributed by atoms with Crippen molar-refractivity contribution in [3.05, 3.63) is 42.0 Å². The van der Waals surface area contributed by atoms with Crippen molar-refractivity contribution in [2.45, 2.75) is 18.9 Å². The molecule has 4 heteroatoms. The Bertz CT molecular complexity index is 629. The Morgan fingerprint density at radius 3 is 2.95 bits per heavy atom. The van der Waals surface area contributed by atoms with E-state index in [2.05, 4.69) is 0 Å². The molecule has 1 N–H and O–H groups in total. The summed E-state index contributed by atoms with van der Waals surface area (Å²) in [6, 6.07) is 10.8. The van der Waals surface area contributed by atoms with Gasteiger partial charge in [-0.05, 0) is 24.3 Å². The zero-order valence-corrected chi connectivity index (χ0v) is 11.0. The van der Waals surface area contributed by atoms with Gasteiger partial charge in [0.05, 0.1) is 6.10 Å². The molecule has 0 amide bonds. The minimum atomic E-state index is -0.510. The standard InChI is InChI=1S/C16H16O4/c17-15-13-6-2-1-4-11(13)7-8-14(15)16(18)20-10-12-5-3-9-19-12/h1-2,4,6-8,12,17H,3,5,9-10H2. The van der Waals surface area contributed by atoms with Gasteiger partial charge in [-0.3, -0.25) is 0 Å². The lowest BCUT2D eigenvalue weighted by atomic mass is 10.1. The van der Waals surface area contributed by atoms with Crippen molar-refractivity contribution in [1.82, 2.24) is 0 Å². The number of hydrogen-bond donors (Lipinski definition) is 1. The fourth-order valence-corrected chi connectivity index (χ4v) is 2.44. The third-order valence-corrected chi connectivity index (χ3v) is 3.54. The van der Waals surface area contributed by atoms with Crippen LogP contribution in [0.3, 0.4) is 0 Å². The summed E-state index contributed by atoms with van der Waals surface area (Å²) in [6.07, 6.45) is 1.90. The van der Waals surface area contributed by atoms with E-state index in [-0.39, 0.29) is 24.0 Å². The summed E-state index contributed by atoms with van der Waals surface area (Å²) in [7, 11) is 0. The van der Waals surface area contributed by atoms with E-state index in [1.165, 1.54) is 0 Å². The van der Waals surface area contributed by atoms with E-state index in [0.717, 1.165) is 24.8 Å². The summed E-state index contributed by atoms with van der Waals surface area (Å²) < 4.78 is 10.6. The molecule has 1 fully saturated rings. The lowest BCUT2D eigenvalue weighted by Gasteiger charge is -2.11. The first-order chi connectivity index (χ1) is 9.75. The second-order valence-electron chi connectivity index (χ2n) is 4.92. The maximum atomic E-state index is 12.0. The van der Waals surface area contributed by atoms with Crippen LogP contribution in [0, 0.1) is 0 Å². The minimum absolute atomic E-state index is 0.0125. The molecule has 1 heterocycles. The summed E-state index contributed by atoms with van der Waals surface area (Å²) >= 11 is 0. The number of hydrogen-bond acceptors (Lipinski definition) is 4. The highest BCUT2D eigenvalue weighted by atomic mass is 16.6. The Morgan fingerprint density at radius 2 is 2.15 bits per heavy atom. The van der Waals surface area contributed by atoms with E-state index in [1.54, 1.807) is 18.2 Å². The van der Waals surface area contributed by atoms with Crippen LogP contribution in [0.2, 0.25) is 0 Å². The predicted molar refractivity (Wildman–Crippen MR) is 74.9 cm³/mol. The number of rotatable bonds is 3. The van der Waals surface area contributed by atoms with E-state index < -0.39 is 5.97 Å². The first-order valence-electron chi connectivity index (χ1n) is 6.75. The number of ether oxygens (including phenoxy) is 2. The van der Waals surface area contributed by atoms with Crippen molar-refractivity contribution < 1.29 is 19.4 Å². The van der Waals surface area contributed by atoms with E-state index in [1.807, 2.05) is 18.2 Å². The summed E-state index contributed by atoms with van der Waals surface area (Å²) in [5.74, 6) is -0.538. The number of phenols is 1. The Morgan fingerprint density at radius 1 is 1.30 bits per heavy atom. The third kappa shape index (κ3) is 2.47. The summed E-state index contributed by atoms with van der Waals surface area (Å²) in [4.78, 5) is 12.0. The first-order valence-corrected chi connectivity index (χ1v) is 6.75. The number of fused-ring (bicyclic) bond motifs is 1. The quantitative estimate of drug-likeness (QED) is 0.873. The van der Waals surface area contributed by atoms with Gasteiger partial charge in [-0.25, -0.2) is 4.79 Å². The molecule has 1 aliphatic rings. The molecule has 3 rings (SSSR count). The van der Waals surface area contributed by atoms with E-state index in [4.69, 9.17) is 9.47 Å². The number of esters is 1. The van der Waals surface area contributed by atoms with Crippen LogP contribution in [-0.2, 0) is 9.47 Å². The van der Waals surface area contributed by atoms with Crippen LogP contribution in [0.1, 0.15) is 23.2 Å². The average Bonchev–Trinajstić information content (AvgIpc) is 2.99. The summed E-state index contributed by atoms with van der Waals surface area (Å²) in [6.45, 7) is 0.967. The van der Waals surface area contributed by atoms with Gasteiger partial charge in [-0.15, -0.1) is 0 Å². The molecule has 104 valence electrons. The minimum Gasteiger partial charge on any atom is -0.506 e. The third-order valence-electron chi connectivity index (χ3n) is 3.54. The highest BCUT2D eigenvalue weighted by Gasteiger charge is 2.20. The molecule has 1 unspecified atom stereocenters. The molecular formula is C16H16O4. The molecule has 1 aliphatic heterocycles. The smallest absolute Gasteiger partial charge is 0.342 e. The lowest BCUT2D eigenvalue weighted by Crippen LogP contribution is -2.17. The Hall–Kier alpha value is -2.07. The van der Waals surface area contributed by atoms with Gasteiger partial charge in [-0.2, -0.15) is 0 Å². The van der Waals surface area contributed by atoms with Crippen molar-refractivity contribution >= 4 is 16.7 Å². The molecule has 20 heavy (non-hydrogen) atoms. The van der Waals surface area contributed by atoms with Crippen LogP contribution < -0.4 is 0 Å². The largest absolute Gasteiger partial charge is 0.506 e. The van der Waals surface area contributed by atoms with Crippen molar-refractivity contribution in [2.24, 2.45) is 0 Å². The molecule has 0 aliphatic carbocycles. The molecule has 4 nitrogen and oxygen atoms in total. The van der Waals surface area contributed by atoms with Crippen LogP contribution in [0.25, 0.3) is 10.8 Å². The highest BCUT2D eigenvalue weighted by Crippen LogP contribution is 2.29.